The number of nitrogens with zero attached hydrogens (tertiary/aromatic N) is 1. The molecular formula is C14H17F2NO3. The first-order valence-electron chi connectivity index (χ1n) is 6.40. The summed E-state index contributed by atoms with van der Waals surface area (Å²) in [5.41, 5.74) is -0.382. The lowest BCUT2D eigenvalue weighted by Crippen LogP contribution is -2.40. The van der Waals surface area contributed by atoms with Gasteiger partial charge in [0.25, 0.3) is 5.91 Å². The molecule has 1 aliphatic heterocycles. The number of methoxy groups -OCH3 is 2. The standard InChI is InChI=1S/C14H17F2NO3/c1-19-11-6-5-10(9-12(11)20-2)14(15,16)13(18)17-7-3-4-8-17/h5-6,9H,3-4,7-8H2,1-2H3. The molecule has 1 fully saturated rings. The molecule has 4 nitrogen and oxygen atoms in total. The maximum Gasteiger partial charge on any atom is 0.350 e. The number of rotatable bonds is 4. The van der Waals surface area contributed by atoms with E-state index in [1.54, 1.807) is 0 Å². The first kappa shape index (κ1) is 14.6. The molecule has 0 atom stereocenters. The van der Waals surface area contributed by atoms with Crippen LogP contribution in [-0.4, -0.2) is 38.1 Å². The number of hydrogen-bond donors (Lipinski definition) is 0. The summed E-state index contributed by atoms with van der Waals surface area (Å²) in [5, 5.41) is 0. The van der Waals surface area contributed by atoms with Gasteiger partial charge >= 0.3 is 5.92 Å². The van der Waals surface area contributed by atoms with Gasteiger partial charge in [0.2, 0.25) is 0 Å². The number of carbonyl (C=O) groups is 1. The molecule has 20 heavy (non-hydrogen) atoms. The second-order valence-corrected chi connectivity index (χ2v) is 4.64. The van der Waals surface area contributed by atoms with Gasteiger partial charge in [-0.1, -0.05) is 0 Å². The van der Waals surface area contributed by atoms with E-state index in [1.807, 2.05) is 0 Å². The van der Waals surface area contributed by atoms with Gasteiger partial charge in [0.15, 0.2) is 11.5 Å². The number of hydrogen-bond acceptors (Lipinski definition) is 3. The summed E-state index contributed by atoms with van der Waals surface area (Å²) in [7, 11) is 2.78. The Labute approximate surface area is 116 Å². The molecule has 1 heterocycles. The monoisotopic (exact) mass is 285 g/mol. The summed E-state index contributed by atoms with van der Waals surface area (Å²) in [6, 6.07) is 3.71. The van der Waals surface area contributed by atoms with E-state index in [-0.39, 0.29) is 11.3 Å². The van der Waals surface area contributed by atoms with Crippen molar-refractivity contribution in [2.75, 3.05) is 27.3 Å². The molecule has 1 aliphatic rings. The number of benzene rings is 1. The Bertz CT molecular complexity index is 499. The Morgan fingerprint density at radius 1 is 1.15 bits per heavy atom. The lowest BCUT2D eigenvalue weighted by atomic mass is 10.1. The van der Waals surface area contributed by atoms with Crippen LogP contribution in [0.2, 0.25) is 0 Å². The fraction of sp³-hybridized carbons (Fsp3) is 0.500. The molecule has 110 valence electrons. The van der Waals surface area contributed by atoms with E-state index < -0.39 is 11.8 Å². The lowest BCUT2D eigenvalue weighted by molar-refractivity contribution is -0.157. The van der Waals surface area contributed by atoms with Gasteiger partial charge in [-0.15, -0.1) is 0 Å². The number of alkyl halides is 2. The Morgan fingerprint density at radius 3 is 2.30 bits per heavy atom. The van der Waals surface area contributed by atoms with E-state index >= 15 is 0 Å². The van der Waals surface area contributed by atoms with Gasteiger partial charge in [0.05, 0.1) is 14.2 Å². The highest BCUT2D eigenvalue weighted by Gasteiger charge is 2.44. The van der Waals surface area contributed by atoms with Crippen molar-refractivity contribution in [3.63, 3.8) is 0 Å². The van der Waals surface area contributed by atoms with Crippen LogP contribution in [0, 0.1) is 0 Å². The van der Waals surface area contributed by atoms with Crippen LogP contribution in [0.5, 0.6) is 11.5 Å². The first-order valence-corrected chi connectivity index (χ1v) is 6.40. The highest BCUT2D eigenvalue weighted by atomic mass is 19.3. The largest absolute Gasteiger partial charge is 0.493 e. The second kappa shape index (κ2) is 5.64. The van der Waals surface area contributed by atoms with Crippen molar-refractivity contribution in [2.45, 2.75) is 18.8 Å². The highest BCUT2D eigenvalue weighted by molar-refractivity contribution is 5.85. The third kappa shape index (κ3) is 2.55. The van der Waals surface area contributed by atoms with Gasteiger partial charge in [0.1, 0.15) is 0 Å². The maximum atomic E-state index is 14.3. The lowest BCUT2D eigenvalue weighted by Gasteiger charge is -2.23. The van der Waals surface area contributed by atoms with Gasteiger partial charge < -0.3 is 14.4 Å². The number of carbonyl (C=O) groups excluding carboxylic acids is 1. The maximum absolute atomic E-state index is 14.3. The highest BCUT2D eigenvalue weighted by Crippen LogP contribution is 2.37. The fourth-order valence-electron chi connectivity index (χ4n) is 2.27. The van der Waals surface area contributed by atoms with Gasteiger partial charge in [-0.05, 0) is 31.0 Å². The summed E-state index contributed by atoms with van der Waals surface area (Å²) in [6.07, 6.45) is 1.54. The molecule has 0 radical (unpaired) electrons. The van der Waals surface area contributed by atoms with Crippen LogP contribution in [0.3, 0.4) is 0 Å². The predicted octanol–water partition coefficient (Wildman–Crippen LogP) is 2.42. The van der Waals surface area contributed by atoms with Crippen molar-refractivity contribution in [3.05, 3.63) is 23.8 Å². The minimum absolute atomic E-state index is 0.180. The number of likely N-dealkylation sites (tertiary alicyclic amines) is 1. The molecule has 1 amide bonds. The molecule has 0 spiro atoms. The average Bonchev–Trinajstić information content (AvgIpc) is 2.99. The molecule has 0 aliphatic carbocycles. The van der Waals surface area contributed by atoms with Crippen LogP contribution in [-0.2, 0) is 10.7 Å². The molecule has 2 rings (SSSR count). The van der Waals surface area contributed by atoms with Crippen LogP contribution in [0.25, 0.3) is 0 Å². The Morgan fingerprint density at radius 2 is 1.75 bits per heavy atom. The summed E-state index contributed by atoms with van der Waals surface area (Å²) < 4.78 is 38.5. The van der Waals surface area contributed by atoms with Gasteiger partial charge in [-0.2, -0.15) is 8.78 Å². The SMILES string of the molecule is COc1ccc(C(F)(F)C(=O)N2CCCC2)cc1OC. The molecule has 6 heteroatoms. The zero-order valence-corrected chi connectivity index (χ0v) is 11.5. The van der Waals surface area contributed by atoms with Crippen LogP contribution in [0.15, 0.2) is 18.2 Å². The topological polar surface area (TPSA) is 38.8 Å². The van der Waals surface area contributed by atoms with Crippen LogP contribution < -0.4 is 9.47 Å². The van der Waals surface area contributed by atoms with E-state index in [2.05, 4.69) is 0 Å². The molecular weight excluding hydrogens is 268 g/mol. The third-order valence-electron chi connectivity index (χ3n) is 3.41. The molecule has 0 aromatic heterocycles. The summed E-state index contributed by atoms with van der Waals surface area (Å²) in [5.74, 6) is -4.18. The first-order chi connectivity index (χ1) is 9.50. The van der Waals surface area contributed by atoms with Crippen molar-refractivity contribution >= 4 is 5.91 Å². The van der Waals surface area contributed by atoms with Gasteiger partial charge in [-0.3, -0.25) is 4.79 Å². The van der Waals surface area contributed by atoms with Crippen molar-refractivity contribution in [1.82, 2.24) is 4.90 Å². The predicted molar refractivity (Wildman–Crippen MR) is 69.3 cm³/mol. The molecule has 1 saturated heterocycles. The van der Waals surface area contributed by atoms with Gasteiger partial charge in [-0.25, -0.2) is 0 Å². The average molecular weight is 285 g/mol. The fourth-order valence-corrected chi connectivity index (χ4v) is 2.27. The molecule has 1 aromatic rings. The third-order valence-corrected chi connectivity index (χ3v) is 3.41. The Hall–Kier alpha value is -1.85. The molecule has 1 aromatic carbocycles. The smallest absolute Gasteiger partial charge is 0.350 e. The Kier molecular flexibility index (Phi) is 4.11. The molecule has 0 unspecified atom stereocenters. The molecule has 0 bridgehead atoms. The quantitative estimate of drug-likeness (QED) is 0.853. The normalized spacial score (nSPS) is 15.3. The van der Waals surface area contributed by atoms with Crippen LogP contribution in [0.4, 0.5) is 8.78 Å². The van der Waals surface area contributed by atoms with Gasteiger partial charge in [0, 0.05) is 18.7 Å². The number of ether oxygens (including phenoxy) is 2. The van der Waals surface area contributed by atoms with Crippen molar-refractivity contribution < 1.29 is 23.0 Å². The van der Waals surface area contributed by atoms with Crippen molar-refractivity contribution in [2.24, 2.45) is 0 Å². The minimum Gasteiger partial charge on any atom is -0.493 e. The zero-order chi connectivity index (χ0) is 14.8. The van der Waals surface area contributed by atoms with Crippen LogP contribution >= 0.6 is 0 Å². The van der Waals surface area contributed by atoms with E-state index in [0.717, 1.165) is 18.9 Å². The summed E-state index contributed by atoms with van der Waals surface area (Å²) >= 11 is 0. The second-order valence-electron chi connectivity index (χ2n) is 4.64. The van der Waals surface area contributed by atoms with Crippen molar-refractivity contribution in [1.29, 1.82) is 0 Å². The minimum atomic E-state index is -3.55. The van der Waals surface area contributed by atoms with Crippen molar-refractivity contribution in [3.8, 4) is 11.5 Å². The number of amides is 1. The van der Waals surface area contributed by atoms with E-state index in [4.69, 9.17) is 9.47 Å². The van der Waals surface area contributed by atoms with E-state index in [1.165, 1.54) is 31.3 Å². The molecule has 0 N–H and O–H groups in total. The summed E-state index contributed by atoms with van der Waals surface area (Å²) in [4.78, 5) is 13.1. The molecule has 0 saturated carbocycles. The van der Waals surface area contributed by atoms with E-state index in [9.17, 15) is 13.6 Å². The zero-order valence-electron chi connectivity index (χ0n) is 11.5. The summed E-state index contributed by atoms with van der Waals surface area (Å²) in [6.45, 7) is 0.781. The van der Waals surface area contributed by atoms with E-state index in [0.29, 0.717) is 18.8 Å². The van der Waals surface area contributed by atoms with Crippen LogP contribution in [0.1, 0.15) is 18.4 Å². The number of halogens is 2. The Balaban J connectivity index is 2.30.